The van der Waals surface area contributed by atoms with Crippen LogP contribution in [0.5, 0.6) is 0 Å². The van der Waals surface area contributed by atoms with Crippen LogP contribution in [0.3, 0.4) is 0 Å². The molecule has 0 saturated carbocycles. The molecule has 0 N–H and O–H groups in total. The quantitative estimate of drug-likeness (QED) is 0.492. The predicted octanol–water partition coefficient (Wildman–Crippen LogP) is 0.325. The summed E-state index contributed by atoms with van der Waals surface area (Å²) in [5.41, 5.74) is 0.912. The SMILES string of the molecule is CC(C)[Si-](C)C(C)(C)C.[Na+]. The molecule has 0 aliphatic rings. The first-order valence-electron chi connectivity index (χ1n) is 3.69. The third kappa shape index (κ3) is 4.95. The molecule has 0 aromatic heterocycles. The molecule has 0 heterocycles. The zero-order valence-corrected chi connectivity index (χ0v) is 11.6. The van der Waals surface area contributed by atoms with Gasteiger partial charge < -0.3 is 0 Å². The third-order valence-electron chi connectivity index (χ3n) is 2.05. The van der Waals surface area contributed by atoms with E-state index in [0.717, 1.165) is 5.54 Å². The summed E-state index contributed by atoms with van der Waals surface area (Å²) in [6.07, 6.45) is 0. The summed E-state index contributed by atoms with van der Waals surface area (Å²) in [5.74, 6) is 0. The fraction of sp³-hybridized carbons (Fsp3) is 1.00. The Bertz CT molecular complexity index is 83.7. The van der Waals surface area contributed by atoms with Crippen molar-refractivity contribution in [3.8, 4) is 0 Å². The van der Waals surface area contributed by atoms with E-state index in [9.17, 15) is 0 Å². The normalized spacial score (nSPS) is 12.0. The van der Waals surface area contributed by atoms with Crippen LogP contribution in [0.2, 0.25) is 17.1 Å². The van der Waals surface area contributed by atoms with Crippen molar-refractivity contribution in [3.05, 3.63) is 0 Å². The van der Waals surface area contributed by atoms with Crippen LogP contribution >= 0.6 is 0 Å². The molecule has 0 radical (unpaired) electrons. The van der Waals surface area contributed by atoms with E-state index < -0.39 is 0 Å². The zero-order chi connectivity index (χ0) is 7.65. The summed E-state index contributed by atoms with van der Waals surface area (Å²) >= 11 is 0. The molecule has 0 aromatic carbocycles. The van der Waals surface area contributed by atoms with Crippen LogP contribution < -0.4 is 29.6 Å². The van der Waals surface area contributed by atoms with Gasteiger partial charge in [-0.25, -0.2) is 0 Å². The van der Waals surface area contributed by atoms with Crippen LogP contribution in [0.4, 0.5) is 0 Å². The third-order valence-corrected chi connectivity index (χ3v) is 6.15. The Kier molecular flexibility index (Phi) is 6.85. The Balaban J connectivity index is 0. The van der Waals surface area contributed by atoms with E-state index in [4.69, 9.17) is 0 Å². The van der Waals surface area contributed by atoms with Crippen LogP contribution in [-0.4, -0.2) is 8.80 Å². The van der Waals surface area contributed by atoms with Gasteiger partial charge >= 0.3 is 29.6 Å². The topological polar surface area (TPSA) is 0 Å². The van der Waals surface area contributed by atoms with Crippen LogP contribution in [0.15, 0.2) is 0 Å². The Morgan fingerprint density at radius 1 is 1.10 bits per heavy atom. The van der Waals surface area contributed by atoms with E-state index in [2.05, 4.69) is 41.2 Å². The zero-order valence-electron chi connectivity index (χ0n) is 8.58. The average Bonchev–Trinajstić information content (AvgIpc) is 1.62. The van der Waals surface area contributed by atoms with Crippen molar-refractivity contribution in [2.75, 3.05) is 0 Å². The summed E-state index contributed by atoms with van der Waals surface area (Å²) in [4.78, 5) is 0. The molecule has 0 aromatic rings. The minimum absolute atomic E-state index is 0. The fourth-order valence-corrected chi connectivity index (χ4v) is 2.60. The summed E-state index contributed by atoms with van der Waals surface area (Å²) in [6, 6.07) is 0. The second-order valence-electron chi connectivity index (χ2n) is 4.09. The Labute approximate surface area is 89.7 Å². The number of hydrogen-bond acceptors (Lipinski definition) is 0. The van der Waals surface area contributed by atoms with Gasteiger partial charge in [0, 0.05) is 0 Å². The molecule has 0 amide bonds. The van der Waals surface area contributed by atoms with Crippen molar-refractivity contribution < 1.29 is 29.6 Å². The first-order chi connectivity index (χ1) is 3.85. The molecule has 0 aliphatic carbocycles. The van der Waals surface area contributed by atoms with Gasteiger partial charge in [-0.05, 0) is 0 Å². The number of hydrogen-bond donors (Lipinski definition) is 0. The van der Waals surface area contributed by atoms with Crippen molar-refractivity contribution in [3.63, 3.8) is 0 Å². The molecular formula is C8H19NaSi. The van der Waals surface area contributed by atoms with Gasteiger partial charge in [0.05, 0.1) is 0 Å². The van der Waals surface area contributed by atoms with E-state index >= 15 is 0 Å². The van der Waals surface area contributed by atoms with Crippen molar-refractivity contribution >= 4 is 8.80 Å². The average molecular weight is 166 g/mol. The van der Waals surface area contributed by atoms with Crippen LogP contribution in [-0.2, 0) is 0 Å². The van der Waals surface area contributed by atoms with Gasteiger partial charge in [0.15, 0.2) is 0 Å². The minimum Gasteiger partial charge on any atom is -0.253 e. The van der Waals surface area contributed by atoms with Gasteiger partial charge in [0.25, 0.3) is 0 Å². The van der Waals surface area contributed by atoms with Gasteiger partial charge in [-0.3, -0.25) is 8.80 Å². The summed E-state index contributed by atoms with van der Waals surface area (Å²) in [6.45, 7) is 14.1. The molecule has 10 heavy (non-hydrogen) atoms. The second-order valence-corrected chi connectivity index (χ2v) is 8.11. The summed E-state index contributed by atoms with van der Waals surface area (Å²) in [7, 11) is -0.122. The molecule has 0 rings (SSSR count). The van der Waals surface area contributed by atoms with Gasteiger partial charge in [0.2, 0.25) is 0 Å². The molecule has 56 valence electrons. The van der Waals surface area contributed by atoms with E-state index in [1.54, 1.807) is 0 Å². The smallest absolute Gasteiger partial charge is 0.253 e. The van der Waals surface area contributed by atoms with Gasteiger partial charge in [-0.15, -0.1) is 0 Å². The maximum absolute atomic E-state index is 2.43. The summed E-state index contributed by atoms with van der Waals surface area (Å²) in [5, 5.41) is 0.582. The van der Waals surface area contributed by atoms with Crippen LogP contribution in [0.1, 0.15) is 34.6 Å². The fourth-order valence-electron chi connectivity index (χ4n) is 0.866. The molecule has 0 fully saturated rings. The number of rotatable bonds is 1. The van der Waals surface area contributed by atoms with E-state index in [0.29, 0.717) is 5.04 Å². The van der Waals surface area contributed by atoms with Gasteiger partial charge in [-0.2, -0.15) is 17.1 Å². The molecule has 0 aliphatic heterocycles. The standard InChI is InChI=1S/C8H19Si.Na/c1-7(2)9(6)8(3,4)5;/h7H,1-6H3;/q-1;+1. The molecule has 0 spiro atoms. The van der Waals surface area contributed by atoms with Crippen LogP contribution in [0.25, 0.3) is 0 Å². The molecular weight excluding hydrogens is 147 g/mol. The molecule has 0 bridgehead atoms. The Morgan fingerprint density at radius 2 is 1.40 bits per heavy atom. The molecule has 0 unspecified atom stereocenters. The Morgan fingerprint density at radius 3 is 1.40 bits per heavy atom. The molecule has 0 nitrogen and oxygen atoms in total. The minimum atomic E-state index is -0.122. The molecule has 2 heteroatoms. The predicted molar refractivity (Wildman–Crippen MR) is 46.4 cm³/mol. The second kappa shape index (κ2) is 4.97. The van der Waals surface area contributed by atoms with Crippen molar-refractivity contribution in [1.82, 2.24) is 0 Å². The van der Waals surface area contributed by atoms with Crippen molar-refractivity contribution in [2.45, 2.75) is 51.7 Å². The van der Waals surface area contributed by atoms with Gasteiger partial charge in [0.1, 0.15) is 0 Å². The summed E-state index contributed by atoms with van der Waals surface area (Å²) < 4.78 is 0. The Hall–Kier alpha value is 1.22. The maximum Gasteiger partial charge on any atom is 1.00 e. The van der Waals surface area contributed by atoms with E-state index in [1.165, 1.54) is 0 Å². The largest absolute Gasteiger partial charge is 1.00 e. The first-order valence-corrected chi connectivity index (χ1v) is 5.77. The van der Waals surface area contributed by atoms with E-state index in [1.807, 2.05) is 0 Å². The first kappa shape index (κ1) is 13.8. The molecule has 0 atom stereocenters. The van der Waals surface area contributed by atoms with Crippen LogP contribution in [0, 0.1) is 0 Å². The van der Waals surface area contributed by atoms with E-state index in [-0.39, 0.29) is 38.4 Å². The van der Waals surface area contributed by atoms with Crippen molar-refractivity contribution in [2.24, 2.45) is 0 Å². The van der Waals surface area contributed by atoms with Crippen molar-refractivity contribution in [1.29, 1.82) is 0 Å². The van der Waals surface area contributed by atoms with Gasteiger partial charge in [-0.1, -0.05) is 34.6 Å². The molecule has 0 saturated heterocycles. The maximum atomic E-state index is 2.43. The monoisotopic (exact) mass is 166 g/mol.